The number of carboxylic acid groups (broad SMARTS) is 4. The minimum atomic E-state index is -1.44. The van der Waals surface area contributed by atoms with Crippen LogP contribution in [0.25, 0.3) is 0 Å². The number of aliphatic carboxylic acids is 4. The molecule has 4 N–H and O–H groups in total. The fraction of sp³-hybridized carbons (Fsp3) is 0.600. The standard InChI is InChI=1S/2C5H9NO4.2Ca/c2*6-3(5(9)10)1-2-4(7)8;;/h2*3H,1-2,6H2,(H,7,8)(H,9,10);;/q;;2*+2/p-4/t2*3-;;/m11../s1. The van der Waals surface area contributed by atoms with Gasteiger partial charge in [0, 0.05) is 24.0 Å². The van der Waals surface area contributed by atoms with Crippen LogP contribution in [0.3, 0.4) is 0 Å². The Kier molecular flexibility index (Phi) is 24.3. The number of rotatable bonds is 8. The predicted molar refractivity (Wildman–Crippen MR) is 66.0 cm³/mol. The van der Waals surface area contributed by atoms with Crippen LogP contribution in [0.1, 0.15) is 25.7 Å². The summed E-state index contributed by atoms with van der Waals surface area (Å²) in [6.07, 6.45) is -1.00. The molecule has 0 saturated carbocycles. The summed E-state index contributed by atoms with van der Waals surface area (Å²) in [6.45, 7) is 0. The molecule has 10 nitrogen and oxygen atoms in total. The molecule has 2 atom stereocenters. The first-order valence-electron chi connectivity index (χ1n) is 5.40. The van der Waals surface area contributed by atoms with Gasteiger partial charge in [-0.3, -0.25) is 0 Å². The van der Waals surface area contributed by atoms with Crippen molar-refractivity contribution in [3.05, 3.63) is 0 Å². The van der Waals surface area contributed by atoms with Gasteiger partial charge in [-0.1, -0.05) is 0 Å². The van der Waals surface area contributed by atoms with Crippen molar-refractivity contribution in [2.45, 2.75) is 37.8 Å². The summed E-state index contributed by atoms with van der Waals surface area (Å²) in [5.74, 6) is -5.50. The van der Waals surface area contributed by atoms with E-state index in [4.69, 9.17) is 11.5 Å². The van der Waals surface area contributed by atoms with Gasteiger partial charge in [0.05, 0.1) is 11.9 Å². The van der Waals surface area contributed by atoms with Crippen LogP contribution in [0.15, 0.2) is 0 Å². The van der Waals surface area contributed by atoms with Crippen molar-refractivity contribution < 1.29 is 39.6 Å². The third kappa shape index (κ3) is 22.6. The second kappa shape index (κ2) is 17.7. The third-order valence-corrected chi connectivity index (χ3v) is 1.92. The van der Waals surface area contributed by atoms with Crippen molar-refractivity contribution in [1.29, 1.82) is 0 Å². The number of nitrogens with two attached hydrogens (primary N) is 2. The summed E-state index contributed by atoms with van der Waals surface area (Å²) in [5.41, 5.74) is 9.82. The normalized spacial score (nSPS) is 11.4. The third-order valence-electron chi connectivity index (χ3n) is 1.92. The Hall–Kier alpha value is 0.319. The van der Waals surface area contributed by atoms with Crippen molar-refractivity contribution >= 4 is 99.4 Å². The van der Waals surface area contributed by atoms with E-state index in [-0.39, 0.29) is 101 Å². The second-order valence-electron chi connectivity index (χ2n) is 3.67. The van der Waals surface area contributed by atoms with Gasteiger partial charge in [-0.15, -0.1) is 0 Å². The molecule has 0 aromatic heterocycles. The number of hydrogen-bond acceptors (Lipinski definition) is 10. The van der Waals surface area contributed by atoms with E-state index < -0.39 is 36.0 Å². The van der Waals surface area contributed by atoms with Crippen LogP contribution < -0.4 is 31.9 Å². The van der Waals surface area contributed by atoms with Crippen molar-refractivity contribution in [2.24, 2.45) is 11.5 Å². The van der Waals surface area contributed by atoms with Gasteiger partial charge < -0.3 is 51.1 Å². The maximum Gasteiger partial charge on any atom is 2.00 e. The van der Waals surface area contributed by atoms with Gasteiger partial charge in [0.1, 0.15) is 0 Å². The molecule has 12 heteroatoms. The van der Waals surface area contributed by atoms with Crippen molar-refractivity contribution in [1.82, 2.24) is 0 Å². The Bertz CT molecular complexity index is 333. The summed E-state index contributed by atoms with van der Waals surface area (Å²) < 4.78 is 0. The van der Waals surface area contributed by atoms with E-state index in [1.165, 1.54) is 0 Å². The first kappa shape index (κ1) is 30.2. The molecule has 0 spiro atoms. The molecular weight excluding hydrogens is 356 g/mol. The Labute approximate surface area is 186 Å². The van der Waals surface area contributed by atoms with Gasteiger partial charge in [0.25, 0.3) is 0 Å². The molecule has 0 amide bonds. The first-order valence-corrected chi connectivity index (χ1v) is 5.40. The smallest absolute Gasteiger partial charge is 0.550 e. The van der Waals surface area contributed by atoms with E-state index in [0.717, 1.165) is 0 Å². The topological polar surface area (TPSA) is 213 Å². The summed E-state index contributed by atoms with van der Waals surface area (Å²) in [4.78, 5) is 39.2. The zero-order valence-corrected chi connectivity index (χ0v) is 16.2. The zero-order valence-electron chi connectivity index (χ0n) is 11.8. The Morgan fingerprint density at radius 1 is 0.682 bits per heavy atom. The second-order valence-corrected chi connectivity index (χ2v) is 3.67. The first-order chi connectivity index (χ1) is 9.07. The molecule has 0 heterocycles. The van der Waals surface area contributed by atoms with Gasteiger partial charge >= 0.3 is 75.5 Å². The zero-order chi connectivity index (χ0) is 16.3. The van der Waals surface area contributed by atoms with E-state index in [1.807, 2.05) is 0 Å². The SMILES string of the molecule is N[C@H](CCC(=O)[O-])C(=O)[O-].N[C@H](CCC(=O)[O-])C(=O)[O-].[Ca+2].[Ca+2]. The number of hydrogen-bond donors (Lipinski definition) is 2. The van der Waals surface area contributed by atoms with Crippen LogP contribution >= 0.6 is 0 Å². The quantitative estimate of drug-likeness (QED) is 0.385. The summed E-state index contributed by atoms with van der Waals surface area (Å²) >= 11 is 0. The maximum absolute atomic E-state index is 9.86. The molecule has 0 rings (SSSR count). The van der Waals surface area contributed by atoms with Gasteiger partial charge in [0.2, 0.25) is 0 Å². The molecule has 0 aromatic rings. The van der Waals surface area contributed by atoms with Crippen LogP contribution in [0.2, 0.25) is 0 Å². The molecule has 22 heavy (non-hydrogen) atoms. The molecule has 0 saturated heterocycles. The van der Waals surface area contributed by atoms with Gasteiger partial charge in [-0.05, 0) is 25.7 Å². The van der Waals surface area contributed by atoms with Crippen LogP contribution in [-0.4, -0.2) is 111 Å². The minimum absolute atomic E-state index is 0. The minimum Gasteiger partial charge on any atom is -0.550 e. The van der Waals surface area contributed by atoms with Gasteiger partial charge in [-0.25, -0.2) is 0 Å². The Balaban J connectivity index is -0.000000135. The van der Waals surface area contributed by atoms with E-state index in [9.17, 15) is 39.6 Å². The van der Waals surface area contributed by atoms with E-state index >= 15 is 0 Å². The monoisotopic (exact) mass is 370 g/mol. The largest absolute Gasteiger partial charge is 2.00 e. The Morgan fingerprint density at radius 3 is 1.05 bits per heavy atom. The average molecular weight is 370 g/mol. The van der Waals surface area contributed by atoms with Crippen LogP contribution in [-0.2, 0) is 19.2 Å². The van der Waals surface area contributed by atoms with Crippen molar-refractivity contribution in [3.8, 4) is 0 Å². The number of carbonyl (C=O) groups excluding carboxylic acids is 4. The van der Waals surface area contributed by atoms with Crippen LogP contribution in [0, 0.1) is 0 Å². The molecule has 116 valence electrons. The Morgan fingerprint density at radius 2 is 0.909 bits per heavy atom. The molecule has 0 bridgehead atoms. The number of carbonyl (C=O) groups is 4. The molecule has 0 aliphatic heterocycles. The summed E-state index contributed by atoms with van der Waals surface area (Å²) in [7, 11) is 0. The molecule has 0 radical (unpaired) electrons. The predicted octanol–water partition coefficient (Wildman–Crippen LogP) is -7.57. The van der Waals surface area contributed by atoms with E-state index in [2.05, 4.69) is 0 Å². The molecular formula is C10H14Ca2N2O8. The van der Waals surface area contributed by atoms with Crippen LogP contribution in [0.4, 0.5) is 0 Å². The molecule has 0 unspecified atom stereocenters. The van der Waals surface area contributed by atoms with Gasteiger partial charge in [-0.2, -0.15) is 0 Å². The molecule has 0 aliphatic carbocycles. The van der Waals surface area contributed by atoms with Gasteiger partial charge in [0.15, 0.2) is 0 Å². The maximum atomic E-state index is 9.86. The molecule has 0 fully saturated rings. The number of carboxylic acids is 4. The van der Waals surface area contributed by atoms with E-state index in [1.54, 1.807) is 0 Å². The average Bonchev–Trinajstić information content (AvgIpc) is 2.33. The molecule has 0 aromatic carbocycles. The fourth-order valence-electron chi connectivity index (χ4n) is 0.782. The summed E-state index contributed by atoms with van der Waals surface area (Å²) in [6, 6.07) is -2.42. The van der Waals surface area contributed by atoms with Crippen LogP contribution in [0.5, 0.6) is 0 Å². The fourth-order valence-corrected chi connectivity index (χ4v) is 0.782. The van der Waals surface area contributed by atoms with E-state index in [0.29, 0.717) is 0 Å². The summed E-state index contributed by atoms with van der Waals surface area (Å²) in [5, 5.41) is 39.2. The van der Waals surface area contributed by atoms with Crippen molar-refractivity contribution in [2.75, 3.05) is 0 Å². The van der Waals surface area contributed by atoms with Crippen molar-refractivity contribution in [3.63, 3.8) is 0 Å². The molecule has 0 aliphatic rings.